The summed E-state index contributed by atoms with van der Waals surface area (Å²) in [5.74, 6) is 0. The highest BCUT2D eigenvalue weighted by molar-refractivity contribution is 5.80. The van der Waals surface area contributed by atoms with E-state index in [0.717, 1.165) is 12.0 Å². The number of hydrogen-bond donors (Lipinski definition) is 0. The average Bonchev–Trinajstić information content (AvgIpc) is 2.75. The molecule has 18 heavy (non-hydrogen) atoms. The van der Waals surface area contributed by atoms with Gasteiger partial charge in [-0.15, -0.1) is 0 Å². The van der Waals surface area contributed by atoms with Gasteiger partial charge in [-0.1, -0.05) is 6.07 Å². The fourth-order valence-corrected chi connectivity index (χ4v) is 2.71. The summed E-state index contributed by atoms with van der Waals surface area (Å²) in [6.45, 7) is 2.03. The van der Waals surface area contributed by atoms with E-state index in [1.54, 1.807) is 0 Å². The van der Waals surface area contributed by atoms with Crippen molar-refractivity contribution in [2.45, 2.75) is 13.3 Å². The topological polar surface area (TPSA) is 47.6 Å². The number of nitriles is 2. The first kappa shape index (κ1) is 10.6. The summed E-state index contributed by atoms with van der Waals surface area (Å²) in [5.41, 5.74) is 7.34. The predicted molar refractivity (Wildman–Crippen MR) is 68.9 cm³/mol. The van der Waals surface area contributed by atoms with E-state index in [2.05, 4.69) is 12.1 Å². The van der Waals surface area contributed by atoms with Crippen molar-refractivity contribution >= 4 is 0 Å². The molecule has 0 saturated carbocycles. The fourth-order valence-electron chi connectivity index (χ4n) is 2.71. The maximum Gasteiger partial charge on any atom is 0.0991 e. The van der Waals surface area contributed by atoms with Gasteiger partial charge >= 0.3 is 0 Å². The molecular formula is C16H10N2. The Balaban J connectivity index is 2.25. The zero-order chi connectivity index (χ0) is 12.7. The highest BCUT2D eigenvalue weighted by atomic mass is 14.3. The third-order valence-electron chi connectivity index (χ3n) is 3.43. The maximum atomic E-state index is 9.00. The van der Waals surface area contributed by atoms with E-state index in [9.17, 15) is 0 Å². The SMILES string of the molecule is Cc1cc(C#N)cc2c1-c1ccc(C#N)cc1C2. The third-order valence-corrected chi connectivity index (χ3v) is 3.43. The molecule has 0 radical (unpaired) electrons. The van der Waals surface area contributed by atoms with Crippen molar-refractivity contribution < 1.29 is 0 Å². The van der Waals surface area contributed by atoms with E-state index in [4.69, 9.17) is 10.5 Å². The predicted octanol–water partition coefficient (Wildman–Crippen LogP) is 3.31. The van der Waals surface area contributed by atoms with E-state index >= 15 is 0 Å². The van der Waals surface area contributed by atoms with Crippen molar-refractivity contribution in [2.75, 3.05) is 0 Å². The van der Waals surface area contributed by atoms with Crippen LogP contribution in [0.4, 0.5) is 0 Å². The number of rotatable bonds is 0. The Morgan fingerprint density at radius 3 is 2.39 bits per heavy atom. The van der Waals surface area contributed by atoms with Gasteiger partial charge in [-0.3, -0.25) is 0 Å². The second-order valence-corrected chi connectivity index (χ2v) is 4.60. The molecular weight excluding hydrogens is 220 g/mol. The maximum absolute atomic E-state index is 9.00. The monoisotopic (exact) mass is 230 g/mol. The number of hydrogen-bond acceptors (Lipinski definition) is 2. The lowest BCUT2D eigenvalue weighted by Crippen LogP contribution is -1.87. The van der Waals surface area contributed by atoms with E-state index in [0.29, 0.717) is 11.1 Å². The molecule has 0 fully saturated rings. The second-order valence-electron chi connectivity index (χ2n) is 4.60. The molecule has 0 saturated heterocycles. The Bertz CT molecular complexity index is 743. The minimum Gasteiger partial charge on any atom is -0.192 e. The van der Waals surface area contributed by atoms with Crippen LogP contribution in [0.25, 0.3) is 11.1 Å². The van der Waals surface area contributed by atoms with Crippen LogP contribution in [0, 0.1) is 29.6 Å². The van der Waals surface area contributed by atoms with E-state index in [1.807, 2.05) is 37.3 Å². The van der Waals surface area contributed by atoms with Crippen LogP contribution in [-0.2, 0) is 6.42 Å². The van der Waals surface area contributed by atoms with E-state index in [1.165, 1.54) is 22.3 Å². The van der Waals surface area contributed by atoms with Gasteiger partial charge < -0.3 is 0 Å². The summed E-state index contributed by atoms with van der Waals surface area (Å²) >= 11 is 0. The highest BCUT2D eigenvalue weighted by Crippen LogP contribution is 2.39. The largest absolute Gasteiger partial charge is 0.192 e. The Hall–Kier alpha value is -2.58. The molecule has 0 bridgehead atoms. The molecule has 3 rings (SSSR count). The Labute approximate surface area is 106 Å². The smallest absolute Gasteiger partial charge is 0.0991 e. The lowest BCUT2D eigenvalue weighted by Gasteiger charge is -2.06. The molecule has 0 N–H and O–H groups in total. The molecule has 0 aliphatic heterocycles. The molecule has 1 aliphatic carbocycles. The molecule has 0 heterocycles. The molecule has 0 amide bonds. The minimum atomic E-state index is 0.694. The van der Waals surface area contributed by atoms with Crippen LogP contribution in [0.1, 0.15) is 27.8 Å². The van der Waals surface area contributed by atoms with Crippen LogP contribution in [0.5, 0.6) is 0 Å². The molecule has 0 unspecified atom stereocenters. The van der Waals surface area contributed by atoms with Crippen molar-refractivity contribution in [1.29, 1.82) is 10.5 Å². The van der Waals surface area contributed by atoms with E-state index in [-0.39, 0.29) is 0 Å². The normalized spacial score (nSPS) is 11.3. The number of aryl methyl sites for hydroxylation is 1. The number of fused-ring (bicyclic) bond motifs is 3. The molecule has 1 aliphatic rings. The number of benzene rings is 2. The molecule has 84 valence electrons. The molecule has 2 aromatic carbocycles. The standard InChI is InChI=1S/C16H10N2/c1-10-4-12(9-18)6-14-7-13-5-11(8-17)2-3-15(13)16(10)14/h2-6H,7H2,1H3. The molecule has 0 atom stereocenters. The highest BCUT2D eigenvalue weighted by Gasteiger charge is 2.21. The summed E-state index contributed by atoms with van der Waals surface area (Å²) in [6, 6.07) is 14.0. The zero-order valence-electron chi connectivity index (χ0n) is 9.99. The van der Waals surface area contributed by atoms with Gasteiger partial charge in [0.05, 0.1) is 23.3 Å². The summed E-state index contributed by atoms with van der Waals surface area (Å²) in [5, 5.41) is 17.9. The second kappa shape index (κ2) is 3.72. The average molecular weight is 230 g/mol. The Morgan fingerprint density at radius 2 is 1.67 bits per heavy atom. The first-order valence-electron chi connectivity index (χ1n) is 5.80. The Kier molecular flexibility index (Phi) is 2.18. The molecule has 2 nitrogen and oxygen atoms in total. The Morgan fingerprint density at radius 1 is 0.944 bits per heavy atom. The van der Waals surface area contributed by atoms with Crippen LogP contribution in [-0.4, -0.2) is 0 Å². The summed E-state index contributed by atoms with van der Waals surface area (Å²) in [4.78, 5) is 0. The first-order valence-corrected chi connectivity index (χ1v) is 5.80. The van der Waals surface area contributed by atoms with Crippen LogP contribution >= 0.6 is 0 Å². The lowest BCUT2D eigenvalue weighted by atomic mass is 9.98. The van der Waals surface area contributed by atoms with Crippen molar-refractivity contribution in [1.82, 2.24) is 0 Å². The molecule has 2 heteroatoms. The van der Waals surface area contributed by atoms with Crippen LogP contribution in [0.3, 0.4) is 0 Å². The van der Waals surface area contributed by atoms with Gasteiger partial charge in [-0.05, 0) is 65.4 Å². The number of nitrogens with zero attached hydrogens (tertiary/aromatic N) is 2. The quantitative estimate of drug-likeness (QED) is 0.594. The molecule has 0 aromatic heterocycles. The summed E-state index contributed by atoms with van der Waals surface area (Å²) < 4.78 is 0. The van der Waals surface area contributed by atoms with Gasteiger partial charge in [-0.2, -0.15) is 10.5 Å². The fraction of sp³-hybridized carbons (Fsp3) is 0.125. The van der Waals surface area contributed by atoms with Crippen molar-refractivity contribution in [3.05, 3.63) is 58.1 Å². The van der Waals surface area contributed by atoms with Gasteiger partial charge in [0.1, 0.15) is 0 Å². The first-order chi connectivity index (χ1) is 8.72. The van der Waals surface area contributed by atoms with Gasteiger partial charge in [0.2, 0.25) is 0 Å². The summed E-state index contributed by atoms with van der Waals surface area (Å²) in [7, 11) is 0. The van der Waals surface area contributed by atoms with Crippen LogP contribution < -0.4 is 0 Å². The van der Waals surface area contributed by atoms with Gasteiger partial charge in [-0.25, -0.2) is 0 Å². The van der Waals surface area contributed by atoms with Crippen LogP contribution in [0.2, 0.25) is 0 Å². The van der Waals surface area contributed by atoms with E-state index < -0.39 is 0 Å². The summed E-state index contributed by atoms with van der Waals surface area (Å²) in [6.07, 6.45) is 0.816. The van der Waals surface area contributed by atoms with Crippen molar-refractivity contribution in [2.24, 2.45) is 0 Å². The zero-order valence-corrected chi connectivity index (χ0v) is 9.99. The van der Waals surface area contributed by atoms with Crippen molar-refractivity contribution in [3.8, 4) is 23.3 Å². The minimum absolute atomic E-state index is 0.694. The molecule has 2 aromatic rings. The van der Waals surface area contributed by atoms with Gasteiger partial charge in [0, 0.05) is 0 Å². The van der Waals surface area contributed by atoms with Crippen LogP contribution in [0.15, 0.2) is 30.3 Å². The lowest BCUT2D eigenvalue weighted by molar-refractivity contribution is 1.24. The van der Waals surface area contributed by atoms with Gasteiger partial charge in [0.15, 0.2) is 0 Å². The molecule has 0 spiro atoms. The van der Waals surface area contributed by atoms with Gasteiger partial charge in [0.25, 0.3) is 0 Å². The van der Waals surface area contributed by atoms with Crippen molar-refractivity contribution in [3.63, 3.8) is 0 Å². The third kappa shape index (κ3) is 1.40.